The minimum absolute atomic E-state index is 0.119. The maximum Gasteiger partial charge on any atom is 0.329 e. The van der Waals surface area contributed by atoms with E-state index in [0.29, 0.717) is 31.5 Å². The first kappa shape index (κ1) is 21.3. The number of amidine groups is 1. The van der Waals surface area contributed by atoms with Crippen LogP contribution in [-0.4, -0.2) is 77.2 Å². The summed E-state index contributed by atoms with van der Waals surface area (Å²) >= 11 is 0. The van der Waals surface area contributed by atoms with Gasteiger partial charge in [-0.3, -0.25) is 15.0 Å². The minimum atomic E-state index is -1.09. The summed E-state index contributed by atoms with van der Waals surface area (Å²) < 4.78 is 5.23. The van der Waals surface area contributed by atoms with Crippen molar-refractivity contribution < 1.29 is 29.3 Å². The first-order chi connectivity index (χ1) is 13.3. The summed E-state index contributed by atoms with van der Waals surface area (Å²) in [4.78, 5) is 37.0. The monoisotopic (exact) mass is 392 g/mol. The summed E-state index contributed by atoms with van der Waals surface area (Å²) in [5.41, 5.74) is 6.12. The smallest absolute Gasteiger partial charge is 0.329 e. The number of rotatable bonds is 8. The van der Waals surface area contributed by atoms with E-state index in [1.807, 2.05) is 0 Å². The Morgan fingerprint density at radius 3 is 2.29 bits per heavy atom. The van der Waals surface area contributed by atoms with E-state index in [-0.39, 0.29) is 24.1 Å². The molecule has 0 spiro atoms. The number of hydrogen-bond acceptors (Lipinski definition) is 6. The molecule has 10 nitrogen and oxygen atoms in total. The molecule has 2 rings (SSSR count). The molecule has 28 heavy (non-hydrogen) atoms. The maximum absolute atomic E-state index is 12.6. The number of carboxylic acid groups (broad SMARTS) is 1. The zero-order valence-corrected chi connectivity index (χ0v) is 15.3. The molecule has 0 unspecified atom stereocenters. The molecule has 0 aromatic heterocycles. The lowest BCUT2D eigenvalue weighted by atomic mass is 10.1. The van der Waals surface area contributed by atoms with Crippen molar-refractivity contribution in [1.82, 2.24) is 10.2 Å². The van der Waals surface area contributed by atoms with Crippen LogP contribution in [0, 0.1) is 5.41 Å². The Labute approximate surface area is 161 Å². The van der Waals surface area contributed by atoms with Crippen LogP contribution in [-0.2, 0) is 14.3 Å². The number of nitrogens with one attached hydrogen (secondary N) is 2. The van der Waals surface area contributed by atoms with Crippen molar-refractivity contribution in [1.29, 1.82) is 5.41 Å². The van der Waals surface area contributed by atoms with Gasteiger partial charge in [0.1, 0.15) is 18.5 Å². The number of carboxylic acids is 1. The molecule has 1 aliphatic heterocycles. The fourth-order valence-corrected chi connectivity index (χ4v) is 2.88. The second kappa shape index (κ2) is 9.81. The molecule has 1 fully saturated rings. The molecule has 6 N–H and O–H groups in total. The molecule has 1 heterocycles. The molecule has 0 bridgehead atoms. The number of likely N-dealkylation sites (tertiary alicyclic amines) is 1. The quantitative estimate of drug-likeness (QED) is 0.284. The molecule has 1 aromatic rings. The number of aliphatic carboxylic acids is 1. The Kier molecular flexibility index (Phi) is 7.47. The number of aliphatic hydroxyl groups is 1. The summed E-state index contributed by atoms with van der Waals surface area (Å²) in [7, 11) is 0. The average molecular weight is 392 g/mol. The number of ether oxygens (including phenoxy) is 1. The number of nitrogen functional groups attached to an aromatic ring is 1. The van der Waals surface area contributed by atoms with Gasteiger partial charge in [-0.25, -0.2) is 4.79 Å². The van der Waals surface area contributed by atoms with E-state index in [9.17, 15) is 19.5 Å². The number of hydrogen-bond donors (Lipinski definition) is 5. The number of carbonyl (C=O) groups is 3. The molecular formula is C18H24N4O6. The Balaban J connectivity index is 1.90. The first-order valence-electron chi connectivity index (χ1n) is 8.80. The van der Waals surface area contributed by atoms with E-state index in [1.54, 1.807) is 0 Å². The van der Waals surface area contributed by atoms with E-state index in [0.717, 1.165) is 0 Å². The van der Waals surface area contributed by atoms with Crippen LogP contribution in [0.15, 0.2) is 24.3 Å². The Bertz CT molecular complexity index is 728. The number of nitrogens with two attached hydrogens (primary N) is 1. The molecule has 10 heteroatoms. The fraction of sp³-hybridized carbons (Fsp3) is 0.444. The number of piperidine rings is 1. The van der Waals surface area contributed by atoms with Gasteiger partial charge in [-0.15, -0.1) is 0 Å². The molecule has 0 radical (unpaired) electrons. The Morgan fingerprint density at radius 1 is 1.21 bits per heavy atom. The van der Waals surface area contributed by atoms with Gasteiger partial charge in [0.25, 0.3) is 5.91 Å². The van der Waals surface area contributed by atoms with Crippen molar-refractivity contribution >= 4 is 23.6 Å². The number of aliphatic hydroxyl groups excluding tert-OH is 1. The predicted octanol–water partition coefficient (Wildman–Crippen LogP) is -0.846. The summed E-state index contributed by atoms with van der Waals surface area (Å²) in [6.45, 7) is -0.229. The maximum atomic E-state index is 12.6. The van der Waals surface area contributed by atoms with Crippen LogP contribution in [0.25, 0.3) is 0 Å². The van der Waals surface area contributed by atoms with Gasteiger partial charge in [0, 0.05) is 24.2 Å². The van der Waals surface area contributed by atoms with Crippen molar-refractivity contribution in [3.05, 3.63) is 35.4 Å². The SMILES string of the molecule is N=C(N)c1ccc(C(=O)N[C@@H](CO)C(=O)N2CCC(OCC(=O)O)CC2)cc1. The molecule has 1 saturated heterocycles. The van der Waals surface area contributed by atoms with Gasteiger partial charge in [-0.1, -0.05) is 12.1 Å². The van der Waals surface area contributed by atoms with Gasteiger partial charge in [0.05, 0.1) is 12.7 Å². The highest BCUT2D eigenvalue weighted by molar-refractivity contribution is 5.99. The van der Waals surface area contributed by atoms with Crippen molar-refractivity contribution in [2.24, 2.45) is 5.73 Å². The van der Waals surface area contributed by atoms with Gasteiger partial charge in [-0.2, -0.15) is 0 Å². The van der Waals surface area contributed by atoms with Gasteiger partial charge < -0.3 is 30.9 Å². The molecule has 0 aliphatic carbocycles. The van der Waals surface area contributed by atoms with Crippen molar-refractivity contribution in [3.63, 3.8) is 0 Å². The van der Waals surface area contributed by atoms with Gasteiger partial charge in [-0.05, 0) is 25.0 Å². The van der Waals surface area contributed by atoms with Gasteiger partial charge in [0.15, 0.2) is 0 Å². The van der Waals surface area contributed by atoms with Crippen LogP contribution >= 0.6 is 0 Å². The van der Waals surface area contributed by atoms with Gasteiger partial charge >= 0.3 is 5.97 Å². The highest BCUT2D eigenvalue weighted by atomic mass is 16.5. The van der Waals surface area contributed by atoms with Crippen LogP contribution < -0.4 is 11.1 Å². The molecule has 0 saturated carbocycles. The lowest BCUT2D eigenvalue weighted by molar-refractivity contribution is -0.147. The third kappa shape index (κ3) is 5.76. The first-order valence-corrected chi connectivity index (χ1v) is 8.80. The van der Waals surface area contributed by atoms with E-state index < -0.39 is 30.4 Å². The Morgan fingerprint density at radius 2 is 1.79 bits per heavy atom. The number of carbonyl (C=O) groups excluding carboxylic acids is 2. The Hall–Kier alpha value is -2.98. The van der Waals surface area contributed by atoms with Crippen molar-refractivity contribution in [2.45, 2.75) is 25.0 Å². The minimum Gasteiger partial charge on any atom is -0.480 e. The molecular weight excluding hydrogens is 368 g/mol. The number of amides is 2. The molecule has 2 amide bonds. The van der Waals surface area contributed by atoms with E-state index >= 15 is 0 Å². The lowest BCUT2D eigenvalue weighted by Gasteiger charge is -2.33. The van der Waals surface area contributed by atoms with Crippen LogP contribution in [0.2, 0.25) is 0 Å². The normalized spacial score (nSPS) is 15.7. The second-order valence-electron chi connectivity index (χ2n) is 6.43. The second-order valence-corrected chi connectivity index (χ2v) is 6.43. The summed E-state index contributed by atoms with van der Waals surface area (Å²) in [6, 6.07) is 4.92. The molecule has 1 aromatic carbocycles. The van der Waals surface area contributed by atoms with E-state index in [1.165, 1.54) is 29.2 Å². The molecule has 1 aliphatic rings. The third-order valence-electron chi connectivity index (χ3n) is 4.44. The van der Waals surface area contributed by atoms with Crippen LogP contribution in [0.5, 0.6) is 0 Å². The zero-order chi connectivity index (χ0) is 20.7. The largest absolute Gasteiger partial charge is 0.480 e. The summed E-state index contributed by atoms with van der Waals surface area (Å²) in [5, 5.41) is 28.0. The third-order valence-corrected chi connectivity index (χ3v) is 4.44. The topological polar surface area (TPSA) is 166 Å². The van der Waals surface area contributed by atoms with Crippen LogP contribution in [0.1, 0.15) is 28.8 Å². The number of nitrogens with zero attached hydrogens (tertiary/aromatic N) is 1. The molecule has 152 valence electrons. The number of benzene rings is 1. The van der Waals surface area contributed by atoms with Crippen molar-refractivity contribution in [2.75, 3.05) is 26.3 Å². The van der Waals surface area contributed by atoms with Gasteiger partial charge in [0.2, 0.25) is 5.91 Å². The van der Waals surface area contributed by atoms with Crippen LogP contribution in [0.4, 0.5) is 0 Å². The van der Waals surface area contributed by atoms with Crippen molar-refractivity contribution in [3.8, 4) is 0 Å². The highest BCUT2D eigenvalue weighted by Gasteiger charge is 2.29. The average Bonchev–Trinajstić information content (AvgIpc) is 2.70. The summed E-state index contributed by atoms with van der Waals surface area (Å²) in [6.07, 6.45) is 0.733. The highest BCUT2D eigenvalue weighted by Crippen LogP contribution is 2.15. The standard InChI is InChI=1S/C18H24N4O6/c19-16(20)11-1-3-12(4-2-11)17(26)21-14(9-23)18(27)22-7-5-13(6-8-22)28-10-15(24)25/h1-4,13-14,23H,5-10H2,(H3,19,20)(H,21,26)(H,24,25)/t14-/m0/s1. The summed E-state index contributed by atoms with van der Waals surface area (Å²) in [5.74, 6) is -2.10. The zero-order valence-electron chi connectivity index (χ0n) is 15.3. The van der Waals surface area contributed by atoms with E-state index in [4.69, 9.17) is 21.0 Å². The predicted molar refractivity (Wildman–Crippen MR) is 99.0 cm³/mol. The van der Waals surface area contributed by atoms with E-state index in [2.05, 4.69) is 5.32 Å². The lowest BCUT2D eigenvalue weighted by Crippen LogP contribution is -2.53. The van der Waals surface area contributed by atoms with Crippen LogP contribution in [0.3, 0.4) is 0 Å². The fourth-order valence-electron chi connectivity index (χ4n) is 2.88. The molecule has 1 atom stereocenters.